The van der Waals surface area contributed by atoms with Crippen molar-refractivity contribution in [2.45, 2.75) is 36.8 Å². The first-order valence-corrected chi connectivity index (χ1v) is 7.19. The second-order valence-electron chi connectivity index (χ2n) is 4.10. The Hall–Kier alpha value is -0.250. The summed E-state index contributed by atoms with van der Waals surface area (Å²) in [5, 5.41) is 5.34. The number of nitrogens with one attached hydrogen (secondary N) is 1. The second-order valence-corrected chi connectivity index (χ2v) is 5.65. The summed E-state index contributed by atoms with van der Waals surface area (Å²) in [6.45, 7) is 1.19. The van der Waals surface area contributed by atoms with Crippen LogP contribution in [0.2, 0.25) is 5.02 Å². The van der Waals surface area contributed by atoms with Crippen LogP contribution in [0, 0.1) is 0 Å². The van der Waals surface area contributed by atoms with E-state index in [1.54, 1.807) is 6.20 Å². The third-order valence-electron chi connectivity index (χ3n) is 2.83. The Labute approximate surface area is 106 Å². The van der Waals surface area contributed by atoms with Gasteiger partial charge in [-0.2, -0.15) is 0 Å². The van der Waals surface area contributed by atoms with Crippen molar-refractivity contribution in [3.05, 3.63) is 23.4 Å². The lowest BCUT2D eigenvalue weighted by Crippen LogP contribution is -2.34. The van der Waals surface area contributed by atoms with E-state index in [2.05, 4.69) is 10.3 Å². The number of rotatable bonds is 4. The lowest BCUT2D eigenvalue weighted by atomic mass is 10.0. The maximum Gasteiger partial charge on any atom is 0.0960 e. The standard InChI is InChI=1S/C12H17ClN2S/c13-10-4-5-12(15-9-10)16-8-6-11-3-1-2-7-14-11/h4-5,9,11,14H,1-3,6-8H2. The van der Waals surface area contributed by atoms with Crippen molar-refractivity contribution in [2.24, 2.45) is 0 Å². The van der Waals surface area contributed by atoms with Crippen molar-refractivity contribution in [3.8, 4) is 0 Å². The number of thioether (sulfide) groups is 1. The molecule has 2 nitrogen and oxygen atoms in total. The minimum atomic E-state index is 0.707. The lowest BCUT2D eigenvalue weighted by Gasteiger charge is -2.22. The summed E-state index contributed by atoms with van der Waals surface area (Å²) < 4.78 is 0. The smallest absolute Gasteiger partial charge is 0.0960 e. The molecule has 1 N–H and O–H groups in total. The van der Waals surface area contributed by atoms with Gasteiger partial charge in [0.15, 0.2) is 0 Å². The zero-order valence-corrected chi connectivity index (χ0v) is 10.9. The molecule has 88 valence electrons. The highest BCUT2D eigenvalue weighted by molar-refractivity contribution is 7.99. The molecular weight excluding hydrogens is 240 g/mol. The topological polar surface area (TPSA) is 24.9 Å². The van der Waals surface area contributed by atoms with E-state index in [1.165, 1.54) is 32.2 Å². The fourth-order valence-corrected chi connectivity index (χ4v) is 2.94. The normalized spacial score (nSPS) is 20.9. The van der Waals surface area contributed by atoms with Gasteiger partial charge in [-0.3, -0.25) is 0 Å². The van der Waals surface area contributed by atoms with Crippen LogP contribution in [-0.2, 0) is 0 Å². The molecule has 2 rings (SSSR count). The summed E-state index contributed by atoms with van der Waals surface area (Å²) in [7, 11) is 0. The van der Waals surface area contributed by atoms with Gasteiger partial charge < -0.3 is 5.32 Å². The van der Waals surface area contributed by atoms with Gasteiger partial charge >= 0.3 is 0 Å². The first-order chi connectivity index (χ1) is 7.84. The van der Waals surface area contributed by atoms with Crippen molar-refractivity contribution in [1.82, 2.24) is 10.3 Å². The van der Waals surface area contributed by atoms with Gasteiger partial charge in [0.2, 0.25) is 0 Å². The van der Waals surface area contributed by atoms with Gasteiger partial charge in [0, 0.05) is 18.0 Å². The molecule has 0 aliphatic carbocycles. The lowest BCUT2D eigenvalue weighted by molar-refractivity contribution is 0.394. The molecule has 16 heavy (non-hydrogen) atoms. The molecule has 1 aromatic rings. The third-order valence-corrected chi connectivity index (χ3v) is 4.03. The Morgan fingerprint density at radius 1 is 1.44 bits per heavy atom. The fraction of sp³-hybridized carbons (Fsp3) is 0.583. The SMILES string of the molecule is Clc1ccc(SCCC2CCCCN2)nc1. The first-order valence-electron chi connectivity index (χ1n) is 5.82. The van der Waals surface area contributed by atoms with Crippen LogP contribution in [-0.4, -0.2) is 23.3 Å². The van der Waals surface area contributed by atoms with E-state index < -0.39 is 0 Å². The molecule has 0 aromatic carbocycles. The number of hydrogen-bond acceptors (Lipinski definition) is 3. The summed E-state index contributed by atoms with van der Waals surface area (Å²) in [5.41, 5.74) is 0. The van der Waals surface area contributed by atoms with Crippen molar-refractivity contribution >= 4 is 23.4 Å². The first kappa shape index (κ1) is 12.2. The van der Waals surface area contributed by atoms with Crippen LogP contribution >= 0.6 is 23.4 Å². The number of nitrogens with zero attached hydrogens (tertiary/aromatic N) is 1. The van der Waals surface area contributed by atoms with Crippen LogP contribution in [0.1, 0.15) is 25.7 Å². The van der Waals surface area contributed by atoms with Crippen LogP contribution in [0.25, 0.3) is 0 Å². The van der Waals surface area contributed by atoms with Gasteiger partial charge in [-0.05, 0) is 37.9 Å². The number of piperidine rings is 1. The van der Waals surface area contributed by atoms with E-state index in [0.717, 1.165) is 10.8 Å². The van der Waals surface area contributed by atoms with Crippen molar-refractivity contribution < 1.29 is 0 Å². The van der Waals surface area contributed by atoms with Crippen LogP contribution in [0.3, 0.4) is 0 Å². The van der Waals surface area contributed by atoms with Crippen LogP contribution < -0.4 is 5.32 Å². The molecule has 0 radical (unpaired) electrons. The zero-order chi connectivity index (χ0) is 11.2. The van der Waals surface area contributed by atoms with Crippen molar-refractivity contribution in [2.75, 3.05) is 12.3 Å². The predicted molar refractivity (Wildman–Crippen MR) is 70.2 cm³/mol. The quantitative estimate of drug-likeness (QED) is 0.837. The van der Waals surface area contributed by atoms with Gasteiger partial charge in [0.25, 0.3) is 0 Å². The van der Waals surface area contributed by atoms with E-state index in [4.69, 9.17) is 11.6 Å². The average molecular weight is 257 g/mol. The molecule has 0 amide bonds. The van der Waals surface area contributed by atoms with Crippen LogP contribution in [0.5, 0.6) is 0 Å². The highest BCUT2D eigenvalue weighted by atomic mass is 35.5. The monoisotopic (exact) mass is 256 g/mol. The van der Waals surface area contributed by atoms with E-state index in [9.17, 15) is 0 Å². The Bertz CT molecular complexity index is 309. The Morgan fingerprint density at radius 2 is 2.38 bits per heavy atom. The summed E-state index contributed by atoms with van der Waals surface area (Å²) in [4.78, 5) is 4.27. The molecule has 1 fully saturated rings. The molecule has 0 bridgehead atoms. The summed E-state index contributed by atoms with van der Waals surface area (Å²) in [6.07, 6.45) is 6.98. The maximum atomic E-state index is 5.79. The van der Waals surface area contributed by atoms with Gasteiger partial charge in [0.1, 0.15) is 0 Å². The minimum Gasteiger partial charge on any atom is -0.314 e. The van der Waals surface area contributed by atoms with Gasteiger partial charge in [0.05, 0.1) is 10.0 Å². The van der Waals surface area contributed by atoms with E-state index in [0.29, 0.717) is 11.1 Å². The number of pyridine rings is 1. The molecule has 1 atom stereocenters. The second kappa shape index (κ2) is 6.48. The molecule has 1 aromatic heterocycles. The largest absolute Gasteiger partial charge is 0.314 e. The van der Waals surface area contributed by atoms with Gasteiger partial charge in [-0.1, -0.05) is 18.0 Å². The summed E-state index contributed by atoms with van der Waals surface area (Å²) >= 11 is 7.60. The summed E-state index contributed by atoms with van der Waals surface area (Å²) in [5.74, 6) is 1.13. The van der Waals surface area contributed by atoms with Gasteiger partial charge in [-0.15, -0.1) is 11.8 Å². The number of aromatic nitrogens is 1. The highest BCUT2D eigenvalue weighted by Crippen LogP contribution is 2.20. The van der Waals surface area contributed by atoms with Crippen molar-refractivity contribution in [3.63, 3.8) is 0 Å². The minimum absolute atomic E-state index is 0.707. The molecule has 1 saturated heterocycles. The third kappa shape index (κ3) is 3.96. The molecule has 2 heterocycles. The molecule has 1 unspecified atom stereocenters. The Kier molecular flexibility index (Phi) is 4.94. The number of halogens is 1. The Morgan fingerprint density at radius 3 is 3.06 bits per heavy atom. The molecular formula is C12H17ClN2S. The highest BCUT2D eigenvalue weighted by Gasteiger charge is 2.11. The molecule has 4 heteroatoms. The van der Waals surface area contributed by atoms with Crippen molar-refractivity contribution in [1.29, 1.82) is 0 Å². The number of hydrogen-bond donors (Lipinski definition) is 1. The molecule has 1 aliphatic rings. The molecule has 0 saturated carbocycles. The molecule has 0 spiro atoms. The van der Waals surface area contributed by atoms with Gasteiger partial charge in [-0.25, -0.2) is 4.98 Å². The van der Waals surface area contributed by atoms with E-state index in [1.807, 2.05) is 23.9 Å². The molecule has 1 aliphatic heterocycles. The predicted octanol–water partition coefficient (Wildman–Crippen LogP) is 3.36. The fourth-order valence-electron chi connectivity index (χ4n) is 1.92. The van der Waals surface area contributed by atoms with Crippen LogP contribution in [0.15, 0.2) is 23.4 Å². The van der Waals surface area contributed by atoms with E-state index >= 15 is 0 Å². The average Bonchev–Trinajstić information content (AvgIpc) is 2.33. The Balaban J connectivity index is 1.69. The summed E-state index contributed by atoms with van der Waals surface area (Å²) in [6, 6.07) is 4.60. The van der Waals surface area contributed by atoms with Crippen LogP contribution in [0.4, 0.5) is 0 Å². The maximum absolute atomic E-state index is 5.79. The van der Waals surface area contributed by atoms with E-state index in [-0.39, 0.29) is 0 Å². The zero-order valence-electron chi connectivity index (χ0n) is 9.29.